The fourth-order valence-corrected chi connectivity index (χ4v) is 3.30. The van der Waals surface area contributed by atoms with Gasteiger partial charge in [0.25, 0.3) is 0 Å². The maximum absolute atomic E-state index is 11.2. The van der Waals surface area contributed by atoms with Crippen molar-refractivity contribution in [3.8, 4) is 0 Å². The number of carbonyl (C=O) groups is 1. The van der Waals surface area contributed by atoms with E-state index < -0.39 is 11.4 Å². The highest BCUT2D eigenvalue weighted by molar-refractivity contribution is 5.74. The molecular weight excluding hydrogens is 214 g/mol. The van der Waals surface area contributed by atoms with E-state index in [4.69, 9.17) is 0 Å². The van der Waals surface area contributed by atoms with Crippen LogP contribution in [-0.2, 0) is 4.79 Å². The van der Waals surface area contributed by atoms with Crippen LogP contribution in [0.5, 0.6) is 0 Å². The number of hydrogen-bond acceptors (Lipinski definition) is 2. The highest BCUT2D eigenvalue weighted by atomic mass is 16.4. The van der Waals surface area contributed by atoms with Crippen molar-refractivity contribution in [1.29, 1.82) is 0 Å². The quantitative estimate of drug-likeness (QED) is 0.770. The van der Waals surface area contributed by atoms with Crippen LogP contribution in [0.3, 0.4) is 0 Å². The van der Waals surface area contributed by atoms with Gasteiger partial charge in [-0.05, 0) is 38.6 Å². The lowest BCUT2D eigenvalue weighted by atomic mass is 9.90. The third-order valence-corrected chi connectivity index (χ3v) is 4.56. The Bertz CT molecular complexity index is 271. The smallest absolute Gasteiger partial charge is 0.310 e. The summed E-state index contributed by atoms with van der Waals surface area (Å²) >= 11 is 0. The van der Waals surface area contributed by atoms with E-state index in [2.05, 4.69) is 4.90 Å². The summed E-state index contributed by atoms with van der Waals surface area (Å²) < 4.78 is 0. The maximum atomic E-state index is 11.2. The molecule has 0 aromatic carbocycles. The van der Waals surface area contributed by atoms with E-state index in [1.54, 1.807) is 0 Å². The first-order chi connectivity index (χ1) is 8.10. The molecule has 1 heterocycles. The molecule has 3 heteroatoms. The third kappa shape index (κ3) is 3.21. The molecule has 1 saturated carbocycles. The van der Waals surface area contributed by atoms with Crippen LogP contribution in [0.25, 0.3) is 0 Å². The highest BCUT2D eigenvalue weighted by Gasteiger charge is 2.40. The van der Waals surface area contributed by atoms with Gasteiger partial charge < -0.3 is 10.0 Å². The first-order valence-corrected chi connectivity index (χ1v) is 7.06. The van der Waals surface area contributed by atoms with E-state index >= 15 is 0 Å². The average molecular weight is 239 g/mol. The number of likely N-dealkylation sites (tertiary alicyclic amines) is 1. The minimum Gasteiger partial charge on any atom is -0.481 e. The van der Waals surface area contributed by atoms with Crippen LogP contribution in [0.15, 0.2) is 0 Å². The van der Waals surface area contributed by atoms with Crippen molar-refractivity contribution in [3.05, 3.63) is 0 Å². The minimum atomic E-state index is -0.624. The third-order valence-electron chi connectivity index (χ3n) is 4.56. The molecule has 1 aliphatic heterocycles. The van der Waals surface area contributed by atoms with Gasteiger partial charge in [-0.1, -0.05) is 25.7 Å². The predicted molar refractivity (Wildman–Crippen MR) is 68.0 cm³/mol. The second-order valence-electron chi connectivity index (χ2n) is 6.21. The molecule has 2 fully saturated rings. The van der Waals surface area contributed by atoms with Crippen molar-refractivity contribution >= 4 is 5.97 Å². The Morgan fingerprint density at radius 2 is 1.94 bits per heavy atom. The summed E-state index contributed by atoms with van der Waals surface area (Å²) in [6.07, 6.45) is 9.03. The van der Waals surface area contributed by atoms with Gasteiger partial charge >= 0.3 is 5.97 Å². The molecule has 1 atom stereocenters. The van der Waals surface area contributed by atoms with Gasteiger partial charge in [0.1, 0.15) is 0 Å². The zero-order valence-corrected chi connectivity index (χ0v) is 11.0. The van der Waals surface area contributed by atoms with E-state index in [9.17, 15) is 9.90 Å². The number of aliphatic carboxylic acids is 1. The number of nitrogens with zero attached hydrogens (tertiary/aromatic N) is 1. The molecule has 0 aromatic heterocycles. The van der Waals surface area contributed by atoms with Crippen LogP contribution in [0.1, 0.15) is 51.9 Å². The Hall–Kier alpha value is -0.570. The summed E-state index contributed by atoms with van der Waals surface area (Å²) in [6.45, 7) is 4.74. The Kier molecular flexibility index (Phi) is 4.08. The second-order valence-corrected chi connectivity index (χ2v) is 6.21. The molecule has 3 nitrogen and oxygen atoms in total. The topological polar surface area (TPSA) is 40.5 Å². The normalized spacial score (nSPS) is 32.5. The zero-order chi connectivity index (χ0) is 12.3. The number of hydrogen-bond donors (Lipinski definition) is 1. The van der Waals surface area contributed by atoms with E-state index in [0.29, 0.717) is 0 Å². The fourth-order valence-electron chi connectivity index (χ4n) is 3.30. The summed E-state index contributed by atoms with van der Waals surface area (Å²) in [6, 6.07) is 0. The van der Waals surface area contributed by atoms with Gasteiger partial charge in [-0.3, -0.25) is 4.79 Å². The van der Waals surface area contributed by atoms with Gasteiger partial charge in [0.05, 0.1) is 5.41 Å². The number of rotatable bonds is 3. The first kappa shape index (κ1) is 12.9. The van der Waals surface area contributed by atoms with Crippen LogP contribution in [-0.4, -0.2) is 35.6 Å². The lowest BCUT2D eigenvalue weighted by Gasteiger charge is -2.24. The largest absolute Gasteiger partial charge is 0.481 e. The molecule has 1 N–H and O–H groups in total. The first-order valence-electron chi connectivity index (χ1n) is 7.06. The van der Waals surface area contributed by atoms with Crippen LogP contribution in [0.4, 0.5) is 0 Å². The van der Waals surface area contributed by atoms with Crippen LogP contribution < -0.4 is 0 Å². The van der Waals surface area contributed by atoms with E-state index in [0.717, 1.165) is 32.0 Å². The Morgan fingerprint density at radius 1 is 1.29 bits per heavy atom. The van der Waals surface area contributed by atoms with Gasteiger partial charge in [-0.15, -0.1) is 0 Å². The molecule has 0 spiro atoms. The standard InChI is InChI=1S/C14H25NO2/c1-14(13(16)17)8-9-15(11-14)10-12-6-4-2-3-5-7-12/h12H,2-11H2,1H3,(H,16,17). The van der Waals surface area contributed by atoms with Crippen LogP contribution in [0, 0.1) is 11.3 Å². The molecule has 1 unspecified atom stereocenters. The van der Waals surface area contributed by atoms with Crippen molar-refractivity contribution in [2.45, 2.75) is 51.9 Å². The fraction of sp³-hybridized carbons (Fsp3) is 0.929. The van der Waals surface area contributed by atoms with E-state index in [1.165, 1.54) is 38.5 Å². The SMILES string of the molecule is CC1(C(=O)O)CCN(CC2CCCCCC2)C1. The Labute approximate surface area is 104 Å². The van der Waals surface area contributed by atoms with Crippen molar-refractivity contribution < 1.29 is 9.90 Å². The molecule has 17 heavy (non-hydrogen) atoms. The molecule has 1 saturated heterocycles. The highest BCUT2D eigenvalue weighted by Crippen LogP contribution is 2.32. The van der Waals surface area contributed by atoms with E-state index in [-0.39, 0.29) is 0 Å². The summed E-state index contributed by atoms with van der Waals surface area (Å²) in [5, 5.41) is 9.21. The maximum Gasteiger partial charge on any atom is 0.310 e. The van der Waals surface area contributed by atoms with Crippen molar-refractivity contribution in [2.24, 2.45) is 11.3 Å². The number of carboxylic acid groups (broad SMARTS) is 1. The molecular formula is C14H25NO2. The molecule has 1 aliphatic carbocycles. The number of carboxylic acids is 1. The summed E-state index contributed by atoms with van der Waals surface area (Å²) in [7, 11) is 0. The lowest BCUT2D eigenvalue weighted by Crippen LogP contribution is -2.33. The second kappa shape index (κ2) is 5.38. The van der Waals surface area contributed by atoms with Gasteiger partial charge in [-0.2, -0.15) is 0 Å². The summed E-state index contributed by atoms with van der Waals surface area (Å²) in [5.74, 6) is 0.189. The monoisotopic (exact) mass is 239 g/mol. The van der Waals surface area contributed by atoms with E-state index in [1.807, 2.05) is 6.92 Å². The average Bonchev–Trinajstić information content (AvgIpc) is 2.51. The van der Waals surface area contributed by atoms with Crippen molar-refractivity contribution in [1.82, 2.24) is 4.90 Å². The van der Waals surface area contributed by atoms with Gasteiger partial charge in [0.2, 0.25) is 0 Å². The minimum absolute atomic E-state index is 0.495. The van der Waals surface area contributed by atoms with Crippen LogP contribution >= 0.6 is 0 Å². The Balaban J connectivity index is 1.82. The predicted octanol–water partition coefficient (Wildman–Crippen LogP) is 2.75. The molecule has 0 aromatic rings. The molecule has 2 aliphatic rings. The zero-order valence-electron chi connectivity index (χ0n) is 11.0. The van der Waals surface area contributed by atoms with Gasteiger partial charge in [0, 0.05) is 13.1 Å². The lowest BCUT2D eigenvalue weighted by molar-refractivity contribution is -0.147. The molecule has 0 bridgehead atoms. The van der Waals surface area contributed by atoms with Crippen LogP contribution in [0.2, 0.25) is 0 Å². The van der Waals surface area contributed by atoms with Gasteiger partial charge in [-0.25, -0.2) is 0 Å². The molecule has 2 rings (SSSR count). The molecule has 98 valence electrons. The van der Waals surface area contributed by atoms with Crippen molar-refractivity contribution in [3.63, 3.8) is 0 Å². The molecule has 0 radical (unpaired) electrons. The summed E-state index contributed by atoms with van der Waals surface area (Å²) in [5.41, 5.74) is -0.495. The summed E-state index contributed by atoms with van der Waals surface area (Å²) in [4.78, 5) is 13.6. The van der Waals surface area contributed by atoms with Crippen molar-refractivity contribution in [2.75, 3.05) is 19.6 Å². The van der Waals surface area contributed by atoms with Gasteiger partial charge in [0.15, 0.2) is 0 Å². The Morgan fingerprint density at radius 3 is 2.47 bits per heavy atom. The molecule has 0 amide bonds.